The summed E-state index contributed by atoms with van der Waals surface area (Å²) >= 11 is 3.32. The monoisotopic (exact) mass is 342 g/mol. The SMILES string of the molecule is CC(O)c1cc(Br)ccc1OCc1ccc(F)c(F)c1. The van der Waals surface area contributed by atoms with Crippen molar-refractivity contribution in [2.24, 2.45) is 0 Å². The summed E-state index contributed by atoms with van der Waals surface area (Å²) in [5.74, 6) is -1.28. The quantitative estimate of drug-likeness (QED) is 0.894. The molecule has 2 rings (SSSR count). The van der Waals surface area contributed by atoms with E-state index in [1.54, 1.807) is 25.1 Å². The lowest BCUT2D eigenvalue weighted by Gasteiger charge is -2.14. The minimum atomic E-state index is -0.905. The van der Waals surface area contributed by atoms with Crippen molar-refractivity contribution in [3.05, 3.63) is 63.6 Å². The van der Waals surface area contributed by atoms with Gasteiger partial charge in [-0.25, -0.2) is 8.78 Å². The molecule has 0 amide bonds. The molecule has 0 aliphatic rings. The van der Waals surface area contributed by atoms with Crippen LogP contribution in [0.5, 0.6) is 5.75 Å². The molecule has 0 radical (unpaired) electrons. The number of hydrogen-bond donors (Lipinski definition) is 1. The molecular formula is C15H13BrF2O2. The molecule has 0 fully saturated rings. The fourth-order valence-corrected chi connectivity index (χ4v) is 2.15. The zero-order valence-electron chi connectivity index (χ0n) is 10.7. The Kier molecular flexibility index (Phi) is 4.73. The first-order valence-electron chi connectivity index (χ1n) is 6.01. The Morgan fingerprint density at radius 3 is 2.55 bits per heavy atom. The third-order valence-electron chi connectivity index (χ3n) is 2.80. The zero-order chi connectivity index (χ0) is 14.7. The van der Waals surface area contributed by atoms with Crippen molar-refractivity contribution < 1.29 is 18.6 Å². The van der Waals surface area contributed by atoms with Gasteiger partial charge in [0.25, 0.3) is 0 Å². The topological polar surface area (TPSA) is 29.5 Å². The summed E-state index contributed by atoms with van der Waals surface area (Å²) in [7, 11) is 0. The molecule has 20 heavy (non-hydrogen) atoms. The molecule has 0 aromatic heterocycles. The van der Waals surface area contributed by atoms with Gasteiger partial charge in [-0.1, -0.05) is 22.0 Å². The van der Waals surface area contributed by atoms with Gasteiger partial charge in [-0.2, -0.15) is 0 Å². The second-order valence-electron chi connectivity index (χ2n) is 4.40. The Balaban J connectivity index is 2.16. The summed E-state index contributed by atoms with van der Waals surface area (Å²) in [6.45, 7) is 1.73. The number of aliphatic hydroxyl groups excluding tert-OH is 1. The van der Waals surface area contributed by atoms with Crippen molar-refractivity contribution in [1.29, 1.82) is 0 Å². The highest BCUT2D eigenvalue weighted by Gasteiger charge is 2.10. The molecule has 106 valence electrons. The normalized spacial score (nSPS) is 12.2. The first kappa shape index (κ1) is 14.9. The van der Waals surface area contributed by atoms with Crippen molar-refractivity contribution >= 4 is 15.9 Å². The largest absolute Gasteiger partial charge is 0.489 e. The third-order valence-corrected chi connectivity index (χ3v) is 3.29. The molecule has 0 saturated carbocycles. The Morgan fingerprint density at radius 2 is 1.90 bits per heavy atom. The van der Waals surface area contributed by atoms with Gasteiger partial charge >= 0.3 is 0 Å². The molecule has 5 heteroatoms. The van der Waals surface area contributed by atoms with Gasteiger partial charge in [0.1, 0.15) is 12.4 Å². The van der Waals surface area contributed by atoms with Crippen LogP contribution in [0, 0.1) is 11.6 Å². The van der Waals surface area contributed by atoms with Gasteiger partial charge in [0.15, 0.2) is 11.6 Å². The maximum Gasteiger partial charge on any atom is 0.159 e. The molecule has 1 atom stereocenters. The summed E-state index contributed by atoms with van der Waals surface area (Å²) in [5, 5.41) is 9.70. The van der Waals surface area contributed by atoms with Crippen LogP contribution in [-0.4, -0.2) is 5.11 Å². The van der Waals surface area contributed by atoms with Crippen molar-refractivity contribution in [2.75, 3.05) is 0 Å². The number of halogens is 3. The van der Waals surface area contributed by atoms with Crippen molar-refractivity contribution in [3.63, 3.8) is 0 Å². The Hall–Kier alpha value is -1.46. The summed E-state index contributed by atoms with van der Waals surface area (Å²) in [5.41, 5.74) is 1.14. The van der Waals surface area contributed by atoms with Gasteiger partial charge in [0, 0.05) is 10.0 Å². The van der Waals surface area contributed by atoms with E-state index in [1.807, 2.05) is 0 Å². The lowest BCUT2D eigenvalue weighted by Crippen LogP contribution is -2.01. The second kappa shape index (κ2) is 6.33. The minimum absolute atomic E-state index is 0.0958. The molecule has 0 saturated heterocycles. The highest BCUT2D eigenvalue weighted by molar-refractivity contribution is 9.10. The zero-order valence-corrected chi connectivity index (χ0v) is 12.3. The average molecular weight is 343 g/mol. The molecule has 0 spiro atoms. The maximum absolute atomic E-state index is 13.1. The molecule has 0 aliphatic heterocycles. The van der Waals surface area contributed by atoms with Gasteiger partial charge in [0.2, 0.25) is 0 Å². The molecule has 0 aliphatic carbocycles. The number of rotatable bonds is 4. The van der Waals surface area contributed by atoms with Crippen LogP contribution in [0.15, 0.2) is 40.9 Å². The smallest absolute Gasteiger partial charge is 0.159 e. The molecule has 0 heterocycles. The number of hydrogen-bond acceptors (Lipinski definition) is 2. The maximum atomic E-state index is 13.1. The van der Waals surface area contributed by atoms with Gasteiger partial charge in [-0.05, 0) is 42.8 Å². The highest BCUT2D eigenvalue weighted by atomic mass is 79.9. The third kappa shape index (κ3) is 3.55. The van der Waals surface area contributed by atoms with E-state index in [0.717, 1.165) is 16.6 Å². The predicted molar refractivity (Wildman–Crippen MR) is 75.5 cm³/mol. The molecular weight excluding hydrogens is 330 g/mol. The molecule has 0 bridgehead atoms. The first-order valence-corrected chi connectivity index (χ1v) is 6.81. The highest BCUT2D eigenvalue weighted by Crippen LogP contribution is 2.29. The van der Waals surface area contributed by atoms with Crippen molar-refractivity contribution in [3.8, 4) is 5.75 Å². The fraction of sp³-hybridized carbons (Fsp3) is 0.200. The van der Waals surface area contributed by atoms with E-state index in [4.69, 9.17) is 4.74 Å². The van der Waals surface area contributed by atoms with Crippen molar-refractivity contribution in [1.82, 2.24) is 0 Å². The minimum Gasteiger partial charge on any atom is -0.489 e. The number of benzene rings is 2. The summed E-state index contributed by atoms with van der Waals surface area (Å²) in [6.07, 6.45) is -0.688. The lowest BCUT2D eigenvalue weighted by atomic mass is 10.1. The molecule has 2 aromatic rings. The van der Waals surface area contributed by atoms with E-state index in [1.165, 1.54) is 6.07 Å². The van der Waals surface area contributed by atoms with Crippen LogP contribution in [0.1, 0.15) is 24.2 Å². The summed E-state index contributed by atoms with van der Waals surface area (Å²) in [6, 6.07) is 8.87. The van der Waals surface area contributed by atoms with E-state index in [0.29, 0.717) is 16.9 Å². The standard InChI is InChI=1S/C15H13BrF2O2/c1-9(19)12-7-11(16)3-5-15(12)20-8-10-2-4-13(17)14(18)6-10/h2-7,9,19H,8H2,1H3. The summed E-state index contributed by atoms with van der Waals surface area (Å²) < 4.78 is 32.3. The van der Waals surface area contributed by atoms with Crippen LogP contribution in [0.3, 0.4) is 0 Å². The van der Waals surface area contributed by atoms with E-state index in [9.17, 15) is 13.9 Å². The fourth-order valence-electron chi connectivity index (χ4n) is 1.77. The average Bonchev–Trinajstić information content (AvgIpc) is 2.41. The van der Waals surface area contributed by atoms with E-state index in [2.05, 4.69) is 15.9 Å². The second-order valence-corrected chi connectivity index (χ2v) is 5.31. The van der Waals surface area contributed by atoms with E-state index < -0.39 is 17.7 Å². The van der Waals surface area contributed by atoms with Crippen LogP contribution in [0.25, 0.3) is 0 Å². The van der Waals surface area contributed by atoms with E-state index >= 15 is 0 Å². The van der Waals surface area contributed by atoms with Gasteiger partial charge in [-0.15, -0.1) is 0 Å². The van der Waals surface area contributed by atoms with E-state index in [-0.39, 0.29) is 6.61 Å². The van der Waals surface area contributed by atoms with Gasteiger partial charge in [-0.3, -0.25) is 0 Å². The van der Waals surface area contributed by atoms with Gasteiger partial charge in [0.05, 0.1) is 6.10 Å². The molecule has 2 nitrogen and oxygen atoms in total. The van der Waals surface area contributed by atoms with Crippen LogP contribution in [0.4, 0.5) is 8.78 Å². The molecule has 1 unspecified atom stereocenters. The lowest BCUT2D eigenvalue weighted by molar-refractivity contribution is 0.190. The predicted octanol–water partition coefficient (Wildman–Crippen LogP) is 4.36. The first-order chi connectivity index (χ1) is 9.47. The molecule has 2 aromatic carbocycles. The van der Waals surface area contributed by atoms with Crippen LogP contribution in [-0.2, 0) is 6.61 Å². The number of ether oxygens (including phenoxy) is 1. The Labute approximate surface area is 124 Å². The Morgan fingerprint density at radius 1 is 1.15 bits per heavy atom. The number of aliphatic hydroxyl groups is 1. The Bertz CT molecular complexity index is 615. The van der Waals surface area contributed by atoms with Gasteiger partial charge < -0.3 is 9.84 Å². The van der Waals surface area contributed by atoms with Crippen LogP contribution in [0.2, 0.25) is 0 Å². The van der Waals surface area contributed by atoms with Crippen LogP contribution >= 0.6 is 15.9 Å². The molecule has 1 N–H and O–H groups in total. The van der Waals surface area contributed by atoms with Crippen molar-refractivity contribution in [2.45, 2.75) is 19.6 Å². The summed E-state index contributed by atoms with van der Waals surface area (Å²) in [4.78, 5) is 0. The van der Waals surface area contributed by atoms with Crippen LogP contribution < -0.4 is 4.74 Å².